The Morgan fingerprint density at radius 3 is 2.82 bits per heavy atom. The second kappa shape index (κ2) is 3.69. The SMILES string of the molecule is CNCc1c(C)cncc1Cl. The van der Waals surface area contributed by atoms with Crippen molar-refractivity contribution in [2.75, 3.05) is 7.05 Å². The van der Waals surface area contributed by atoms with Crippen LogP contribution in [0.3, 0.4) is 0 Å². The van der Waals surface area contributed by atoms with Crippen molar-refractivity contribution in [1.29, 1.82) is 0 Å². The zero-order chi connectivity index (χ0) is 8.27. The highest BCUT2D eigenvalue weighted by Crippen LogP contribution is 2.16. The van der Waals surface area contributed by atoms with Crippen molar-refractivity contribution in [2.24, 2.45) is 0 Å². The molecule has 0 amide bonds. The van der Waals surface area contributed by atoms with Crippen LogP contribution >= 0.6 is 11.6 Å². The number of nitrogens with one attached hydrogen (secondary N) is 1. The van der Waals surface area contributed by atoms with Crippen molar-refractivity contribution in [3.63, 3.8) is 0 Å². The van der Waals surface area contributed by atoms with Gasteiger partial charge in [0.05, 0.1) is 5.02 Å². The van der Waals surface area contributed by atoms with Crippen LogP contribution in [0.1, 0.15) is 11.1 Å². The Morgan fingerprint density at radius 2 is 2.27 bits per heavy atom. The molecule has 0 fully saturated rings. The molecule has 1 N–H and O–H groups in total. The van der Waals surface area contributed by atoms with Crippen LogP contribution in [0.5, 0.6) is 0 Å². The lowest BCUT2D eigenvalue weighted by Crippen LogP contribution is -2.07. The van der Waals surface area contributed by atoms with E-state index in [0.717, 1.165) is 22.7 Å². The van der Waals surface area contributed by atoms with Gasteiger partial charge in [-0.1, -0.05) is 11.6 Å². The minimum atomic E-state index is 0.736. The fourth-order valence-electron chi connectivity index (χ4n) is 0.959. The van der Waals surface area contributed by atoms with Gasteiger partial charge in [-0.3, -0.25) is 4.98 Å². The molecule has 1 aromatic rings. The second-order valence-corrected chi connectivity index (χ2v) is 2.85. The zero-order valence-electron chi connectivity index (χ0n) is 6.69. The number of aromatic nitrogens is 1. The van der Waals surface area contributed by atoms with Gasteiger partial charge in [0.25, 0.3) is 0 Å². The third kappa shape index (κ3) is 1.91. The average molecular weight is 171 g/mol. The standard InChI is InChI=1S/C8H11ClN2/c1-6-3-11-5-8(9)7(6)4-10-2/h3,5,10H,4H2,1-2H3. The summed E-state index contributed by atoms with van der Waals surface area (Å²) in [5.74, 6) is 0. The van der Waals surface area contributed by atoms with E-state index in [4.69, 9.17) is 11.6 Å². The number of hydrogen-bond donors (Lipinski definition) is 1. The second-order valence-electron chi connectivity index (χ2n) is 2.45. The van der Waals surface area contributed by atoms with Gasteiger partial charge in [0.15, 0.2) is 0 Å². The first-order valence-electron chi connectivity index (χ1n) is 3.49. The molecule has 0 bridgehead atoms. The predicted molar refractivity (Wildman–Crippen MR) is 46.7 cm³/mol. The van der Waals surface area contributed by atoms with Gasteiger partial charge in [0.1, 0.15) is 0 Å². The fraction of sp³-hybridized carbons (Fsp3) is 0.375. The largest absolute Gasteiger partial charge is 0.316 e. The minimum Gasteiger partial charge on any atom is -0.316 e. The van der Waals surface area contributed by atoms with Gasteiger partial charge in [-0.25, -0.2) is 0 Å². The van der Waals surface area contributed by atoms with Gasteiger partial charge in [-0.2, -0.15) is 0 Å². The van der Waals surface area contributed by atoms with Gasteiger partial charge in [0, 0.05) is 18.9 Å². The quantitative estimate of drug-likeness (QED) is 0.732. The summed E-state index contributed by atoms with van der Waals surface area (Å²) in [5, 5.41) is 3.79. The third-order valence-corrected chi connectivity index (χ3v) is 1.90. The Morgan fingerprint density at radius 1 is 1.55 bits per heavy atom. The summed E-state index contributed by atoms with van der Waals surface area (Å²) >= 11 is 5.91. The van der Waals surface area contributed by atoms with E-state index < -0.39 is 0 Å². The first kappa shape index (κ1) is 8.50. The molecule has 0 saturated carbocycles. The predicted octanol–water partition coefficient (Wildman–Crippen LogP) is 1.76. The first-order chi connectivity index (χ1) is 5.25. The van der Waals surface area contributed by atoms with E-state index in [0.29, 0.717) is 0 Å². The Balaban J connectivity index is 3.00. The normalized spacial score (nSPS) is 10.1. The van der Waals surface area contributed by atoms with Crippen LogP contribution in [0.4, 0.5) is 0 Å². The molecule has 2 nitrogen and oxygen atoms in total. The lowest BCUT2D eigenvalue weighted by atomic mass is 10.1. The number of rotatable bonds is 2. The monoisotopic (exact) mass is 170 g/mol. The van der Waals surface area contributed by atoms with E-state index in [1.54, 1.807) is 6.20 Å². The summed E-state index contributed by atoms with van der Waals surface area (Å²) in [5.41, 5.74) is 2.26. The Bertz CT molecular complexity index is 228. The van der Waals surface area contributed by atoms with Crippen LogP contribution in [-0.2, 0) is 6.54 Å². The molecule has 1 rings (SSSR count). The maximum atomic E-state index is 5.91. The molecule has 0 atom stereocenters. The summed E-state index contributed by atoms with van der Waals surface area (Å²) in [6.45, 7) is 2.80. The van der Waals surface area contributed by atoms with E-state index in [1.807, 2.05) is 20.2 Å². The fourth-order valence-corrected chi connectivity index (χ4v) is 1.23. The van der Waals surface area contributed by atoms with E-state index in [1.165, 1.54) is 0 Å². The molecule has 0 spiro atoms. The Hall–Kier alpha value is -0.600. The van der Waals surface area contributed by atoms with Crippen molar-refractivity contribution in [2.45, 2.75) is 13.5 Å². The van der Waals surface area contributed by atoms with Crippen molar-refractivity contribution in [1.82, 2.24) is 10.3 Å². The van der Waals surface area contributed by atoms with Crippen LogP contribution in [0.2, 0.25) is 5.02 Å². The Labute approximate surface area is 71.6 Å². The molecule has 1 aromatic heterocycles. The molecule has 0 aliphatic rings. The molecular formula is C8H11ClN2. The maximum absolute atomic E-state index is 5.91. The molecule has 0 aliphatic heterocycles. The van der Waals surface area contributed by atoms with E-state index in [9.17, 15) is 0 Å². The lowest BCUT2D eigenvalue weighted by Gasteiger charge is -2.05. The highest BCUT2D eigenvalue weighted by Gasteiger charge is 2.01. The number of hydrogen-bond acceptors (Lipinski definition) is 2. The smallest absolute Gasteiger partial charge is 0.0636 e. The third-order valence-electron chi connectivity index (χ3n) is 1.57. The number of halogens is 1. The van der Waals surface area contributed by atoms with E-state index in [-0.39, 0.29) is 0 Å². The number of nitrogens with zero attached hydrogens (tertiary/aromatic N) is 1. The summed E-state index contributed by atoms with van der Waals surface area (Å²) < 4.78 is 0. The number of pyridine rings is 1. The maximum Gasteiger partial charge on any atom is 0.0636 e. The van der Waals surface area contributed by atoms with Gasteiger partial charge in [-0.15, -0.1) is 0 Å². The van der Waals surface area contributed by atoms with E-state index in [2.05, 4.69) is 10.3 Å². The lowest BCUT2D eigenvalue weighted by molar-refractivity contribution is 0.810. The van der Waals surface area contributed by atoms with Crippen LogP contribution in [0.15, 0.2) is 12.4 Å². The molecule has 0 unspecified atom stereocenters. The first-order valence-corrected chi connectivity index (χ1v) is 3.87. The molecule has 1 heterocycles. The van der Waals surface area contributed by atoms with Gasteiger partial charge in [-0.05, 0) is 25.1 Å². The van der Waals surface area contributed by atoms with Gasteiger partial charge < -0.3 is 5.32 Å². The summed E-state index contributed by atoms with van der Waals surface area (Å²) in [6.07, 6.45) is 3.49. The molecule has 0 aliphatic carbocycles. The molecule has 0 aromatic carbocycles. The minimum absolute atomic E-state index is 0.736. The van der Waals surface area contributed by atoms with Crippen molar-refractivity contribution >= 4 is 11.6 Å². The van der Waals surface area contributed by atoms with Crippen molar-refractivity contribution < 1.29 is 0 Å². The zero-order valence-corrected chi connectivity index (χ0v) is 7.44. The van der Waals surface area contributed by atoms with Crippen molar-refractivity contribution in [3.05, 3.63) is 28.5 Å². The highest BCUT2D eigenvalue weighted by atomic mass is 35.5. The molecule has 11 heavy (non-hydrogen) atoms. The van der Waals surface area contributed by atoms with Crippen molar-refractivity contribution in [3.8, 4) is 0 Å². The topological polar surface area (TPSA) is 24.9 Å². The van der Waals surface area contributed by atoms with E-state index >= 15 is 0 Å². The van der Waals surface area contributed by atoms with Gasteiger partial charge in [0.2, 0.25) is 0 Å². The summed E-state index contributed by atoms with van der Waals surface area (Å²) in [6, 6.07) is 0. The van der Waals surface area contributed by atoms with Crippen LogP contribution in [-0.4, -0.2) is 12.0 Å². The summed E-state index contributed by atoms with van der Waals surface area (Å²) in [4.78, 5) is 3.97. The van der Waals surface area contributed by atoms with Gasteiger partial charge >= 0.3 is 0 Å². The van der Waals surface area contributed by atoms with Crippen LogP contribution < -0.4 is 5.32 Å². The molecule has 0 radical (unpaired) electrons. The van der Waals surface area contributed by atoms with Crippen LogP contribution in [0.25, 0.3) is 0 Å². The molecule has 3 heteroatoms. The molecular weight excluding hydrogens is 160 g/mol. The molecule has 60 valence electrons. The van der Waals surface area contributed by atoms with Crippen LogP contribution in [0, 0.1) is 6.92 Å². The summed E-state index contributed by atoms with van der Waals surface area (Å²) in [7, 11) is 1.90. The number of aryl methyl sites for hydroxylation is 1. The molecule has 0 saturated heterocycles. The Kier molecular flexibility index (Phi) is 2.85. The average Bonchev–Trinajstić information content (AvgIpc) is 1.97. The highest BCUT2D eigenvalue weighted by molar-refractivity contribution is 6.31.